The van der Waals surface area contributed by atoms with Crippen molar-refractivity contribution in [2.75, 3.05) is 7.11 Å². The second kappa shape index (κ2) is 5.12. The Labute approximate surface area is 106 Å². The summed E-state index contributed by atoms with van der Waals surface area (Å²) in [6.07, 6.45) is 2.91. The molecule has 1 aromatic heterocycles. The number of methoxy groups -OCH3 is 1. The van der Waals surface area contributed by atoms with E-state index in [1.54, 1.807) is 7.11 Å². The maximum absolute atomic E-state index is 10.5. The standard InChI is InChI=1S/C14H17NO3/c1-10-9-15(7-3-4-14(16)17)13-6-5-11(18-2)8-12(10)13/h5-6,8-9H,3-4,7H2,1-2H3,(H,16,17). The Kier molecular flexibility index (Phi) is 3.55. The Bertz CT molecular complexity index is 572. The maximum Gasteiger partial charge on any atom is 0.303 e. The number of fused-ring (bicyclic) bond motifs is 1. The Morgan fingerprint density at radius 2 is 2.22 bits per heavy atom. The average Bonchev–Trinajstić information content (AvgIpc) is 2.65. The summed E-state index contributed by atoms with van der Waals surface area (Å²) in [4.78, 5) is 10.5. The van der Waals surface area contributed by atoms with Crippen LogP contribution in [0.4, 0.5) is 0 Å². The number of rotatable bonds is 5. The molecule has 0 amide bonds. The Morgan fingerprint density at radius 1 is 1.44 bits per heavy atom. The van der Waals surface area contributed by atoms with Crippen LogP contribution in [0, 0.1) is 6.92 Å². The molecular weight excluding hydrogens is 230 g/mol. The second-order valence-corrected chi connectivity index (χ2v) is 4.39. The highest BCUT2D eigenvalue weighted by molar-refractivity contribution is 5.85. The summed E-state index contributed by atoms with van der Waals surface area (Å²) in [5, 5.41) is 9.81. The lowest BCUT2D eigenvalue weighted by atomic mass is 10.2. The van der Waals surface area contributed by atoms with Gasteiger partial charge in [-0.05, 0) is 37.1 Å². The fraction of sp³-hybridized carbons (Fsp3) is 0.357. The van der Waals surface area contributed by atoms with E-state index in [9.17, 15) is 4.79 Å². The molecule has 2 aromatic rings. The number of ether oxygens (including phenoxy) is 1. The Morgan fingerprint density at radius 3 is 2.89 bits per heavy atom. The van der Waals surface area contributed by atoms with Gasteiger partial charge in [0.25, 0.3) is 0 Å². The van der Waals surface area contributed by atoms with Crippen LogP contribution in [-0.4, -0.2) is 22.8 Å². The predicted octanol–water partition coefficient (Wildman–Crippen LogP) is 2.82. The summed E-state index contributed by atoms with van der Waals surface area (Å²) in [6.45, 7) is 2.78. The van der Waals surface area contributed by atoms with Gasteiger partial charge in [-0.3, -0.25) is 4.79 Å². The molecule has 0 aliphatic rings. The Balaban J connectivity index is 2.26. The van der Waals surface area contributed by atoms with Gasteiger partial charge in [0.1, 0.15) is 5.75 Å². The molecule has 0 saturated carbocycles. The molecule has 1 aromatic carbocycles. The molecule has 0 unspecified atom stereocenters. The van der Waals surface area contributed by atoms with Crippen LogP contribution < -0.4 is 4.74 Å². The molecular formula is C14H17NO3. The van der Waals surface area contributed by atoms with E-state index in [-0.39, 0.29) is 6.42 Å². The molecule has 0 spiro atoms. The van der Waals surface area contributed by atoms with Gasteiger partial charge in [-0.25, -0.2) is 0 Å². The molecule has 4 heteroatoms. The smallest absolute Gasteiger partial charge is 0.303 e. The number of hydrogen-bond acceptors (Lipinski definition) is 2. The normalized spacial score (nSPS) is 10.8. The monoisotopic (exact) mass is 247 g/mol. The van der Waals surface area contributed by atoms with Gasteiger partial charge in [-0.2, -0.15) is 0 Å². The highest BCUT2D eigenvalue weighted by Gasteiger charge is 2.07. The molecule has 1 heterocycles. The topological polar surface area (TPSA) is 51.5 Å². The number of carboxylic acids is 1. The highest BCUT2D eigenvalue weighted by Crippen LogP contribution is 2.25. The average molecular weight is 247 g/mol. The van der Waals surface area contributed by atoms with Crippen LogP contribution in [0.1, 0.15) is 18.4 Å². The number of aryl methyl sites for hydroxylation is 2. The summed E-state index contributed by atoms with van der Waals surface area (Å²) in [6, 6.07) is 5.95. The van der Waals surface area contributed by atoms with Crippen LogP contribution in [0.5, 0.6) is 5.75 Å². The zero-order valence-corrected chi connectivity index (χ0v) is 10.6. The molecule has 96 valence electrons. The predicted molar refractivity (Wildman–Crippen MR) is 70.1 cm³/mol. The van der Waals surface area contributed by atoms with Crippen LogP contribution in [0.3, 0.4) is 0 Å². The van der Waals surface area contributed by atoms with Crippen molar-refractivity contribution in [3.8, 4) is 5.75 Å². The third kappa shape index (κ3) is 2.47. The van der Waals surface area contributed by atoms with Gasteiger partial charge in [-0.15, -0.1) is 0 Å². The number of aromatic nitrogens is 1. The number of aliphatic carboxylic acids is 1. The van der Waals surface area contributed by atoms with Crippen molar-refractivity contribution >= 4 is 16.9 Å². The van der Waals surface area contributed by atoms with E-state index >= 15 is 0 Å². The van der Waals surface area contributed by atoms with E-state index in [1.807, 2.05) is 18.2 Å². The minimum atomic E-state index is -0.746. The van der Waals surface area contributed by atoms with Gasteiger partial charge in [0, 0.05) is 30.1 Å². The van der Waals surface area contributed by atoms with E-state index in [0.29, 0.717) is 6.42 Å². The first-order valence-electron chi connectivity index (χ1n) is 5.97. The number of carboxylic acid groups (broad SMARTS) is 1. The molecule has 1 N–H and O–H groups in total. The first-order chi connectivity index (χ1) is 8.61. The van der Waals surface area contributed by atoms with E-state index in [1.165, 1.54) is 5.56 Å². The molecule has 0 aliphatic carbocycles. The van der Waals surface area contributed by atoms with Crippen LogP contribution in [0.15, 0.2) is 24.4 Å². The van der Waals surface area contributed by atoms with Gasteiger partial charge in [0.15, 0.2) is 0 Å². The van der Waals surface area contributed by atoms with Gasteiger partial charge >= 0.3 is 5.97 Å². The van der Waals surface area contributed by atoms with Crippen molar-refractivity contribution < 1.29 is 14.6 Å². The lowest BCUT2D eigenvalue weighted by molar-refractivity contribution is -0.137. The van der Waals surface area contributed by atoms with E-state index in [2.05, 4.69) is 17.7 Å². The van der Waals surface area contributed by atoms with Gasteiger partial charge < -0.3 is 14.4 Å². The molecule has 0 bridgehead atoms. The fourth-order valence-corrected chi connectivity index (χ4v) is 2.17. The van der Waals surface area contributed by atoms with E-state index < -0.39 is 5.97 Å². The van der Waals surface area contributed by atoms with E-state index in [0.717, 1.165) is 23.2 Å². The zero-order valence-electron chi connectivity index (χ0n) is 10.6. The zero-order chi connectivity index (χ0) is 13.1. The molecule has 0 fully saturated rings. The summed E-state index contributed by atoms with van der Waals surface area (Å²) < 4.78 is 7.32. The van der Waals surface area contributed by atoms with Crippen LogP contribution >= 0.6 is 0 Å². The largest absolute Gasteiger partial charge is 0.497 e. The lowest BCUT2D eigenvalue weighted by Crippen LogP contribution is -2.00. The number of hydrogen-bond donors (Lipinski definition) is 1. The lowest BCUT2D eigenvalue weighted by Gasteiger charge is -2.05. The Hall–Kier alpha value is -1.97. The quantitative estimate of drug-likeness (QED) is 0.883. The van der Waals surface area contributed by atoms with Crippen LogP contribution in [0.2, 0.25) is 0 Å². The number of carbonyl (C=O) groups is 1. The van der Waals surface area contributed by atoms with Crippen molar-refractivity contribution in [2.45, 2.75) is 26.3 Å². The number of benzene rings is 1. The SMILES string of the molecule is COc1ccc2c(c1)c(C)cn2CCCC(=O)O. The molecule has 0 atom stereocenters. The summed E-state index contributed by atoms with van der Waals surface area (Å²) in [7, 11) is 1.65. The van der Waals surface area contributed by atoms with Crippen molar-refractivity contribution in [1.29, 1.82) is 0 Å². The molecule has 4 nitrogen and oxygen atoms in total. The van der Waals surface area contributed by atoms with Crippen LogP contribution in [0.25, 0.3) is 10.9 Å². The summed E-state index contributed by atoms with van der Waals surface area (Å²) >= 11 is 0. The molecule has 2 rings (SSSR count). The summed E-state index contributed by atoms with van der Waals surface area (Å²) in [5.74, 6) is 0.0961. The second-order valence-electron chi connectivity index (χ2n) is 4.39. The van der Waals surface area contributed by atoms with Crippen LogP contribution in [-0.2, 0) is 11.3 Å². The van der Waals surface area contributed by atoms with Crippen molar-refractivity contribution in [2.24, 2.45) is 0 Å². The van der Waals surface area contributed by atoms with E-state index in [4.69, 9.17) is 9.84 Å². The van der Waals surface area contributed by atoms with Crippen molar-refractivity contribution in [3.63, 3.8) is 0 Å². The molecule has 0 radical (unpaired) electrons. The minimum Gasteiger partial charge on any atom is -0.497 e. The first-order valence-corrected chi connectivity index (χ1v) is 5.97. The van der Waals surface area contributed by atoms with Crippen molar-refractivity contribution in [3.05, 3.63) is 30.0 Å². The maximum atomic E-state index is 10.5. The van der Waals surface area contributed by atoms with Gasteiger partial charge in [-0.1, -0.05) is 0 Å². The molecule has 18 heavy (non-hydrogen) atoms. The van der Waals surface area contributed by atoms with Gasteiger partial charge in [0.05, 0.1) is 7.11 Å². The molecule has 0 saturated heterocycles. The van der Waals surface area contributed by atoms with Crippen molar-refractivity contribution in [1.82, 2.24) is 4.57 Å². The fourth-order valence-electron chi connectivity index (χ4n) is 2.17. The third-order valence-electron chi connectivity index (χ3n) is 3.08. The van der Waals surface area contributed by atoms with Gasteiger partial charge in [0.2, 0.25) is 0 Å². The first kappa shape index (κ1) is 12.5. The highest BCUT2D eigenvalue weighted by atomic mass is 16.5. The third-order valence-corrected chi connectivity index (χ3v) is 3.08. The molecule has 0 aliphatic heterocycles. The summed E-state index contributed by atoms with van der Waals surface area (Å²) in [5.41, 5.74) is 2.30. The minimum absolute atomic E-state index is 0.203. The number of nitrogens with zero attached hydrogens (tertiary/aromatic N) is 1.